The second-order valence-electron chi connectivity index (χ2n) is 1.21. The molecule has 0 spiro atoms. The van der Waals surface area contributed by atoms with Crippen LogP contribution >= 0.6 is 31.9 Å². The van der Waals surface area contributed by atoms with Crippen LogP contribution in [-0.2, 0) is 0 Å². The van der Waals surface area contributed by atoms with Crippen molar-refractivity contribution in [2.24, 2.45) is 16.1 Å². The van der Waals surface area contributed by atoms with Crippen LogP contribution in [0, 0.1) is 0 Å². The van der Waals surface area contributed by atoms with E-state index >= 15 is 0 Å². The molecule has 0 aromatic heterocycles. The molecule has 0 amide bonds. The standard InChI is InChI=1S/C3H4Br2FN3O/c4-2(6)1(9-10)3(5)8-7/h2,10H,7H2. The van der Waals surface area contributed by atoms with Gasteiger partial charge in [-0.1, -0.05) is 5.16 Å². The summed E-state index contributed by atoms with van der Waals surface area (Å²) >= 11 is 5.29. The predicted molar refractivity (Wildman–Crippen MR) is 43.6 cm³/mol. The molecule has 0 saturated heterocycles. The highest BCUT2D eigenvalue weighted by molar-refractivity contribution is 9.19. The molecule has 0 aromatic carbocycles. The molecule has 0 rings (SSSR count). The largest absolute Gasteiger partial charge is 0.410 e. The predicted octanol–water partition coefficient (Wildman–Crippen LogP) is 1.17. The SMILES string of the molecule is NN=C(Br)C(=NO)C(F)Br. The highest BCUT2D eigenvalue weighted by Crippen LogP contribution is 2.07. The van der Waals surface area contributed by atoms with Gasteiger partial charge in [-0.3, -0.25) is 0 Å². The van der Waals surface area contributed by atoms with E-state index in [0.29, 0.717) is 0 Å². The van der Waals surface area contributed by atoms with Crippen LogP contribution in [0.25, 0.3) is 0 Å². The van der Waals surface area contributed by atoms with Gasteiger partial charge in [0.1, 0.15) is 0 Å². The van der Waals surface area contributed by atoms with Gasteiger partial charge in [-0.15, -0.1) is 0 Å². The average molecular weight is 277 g/mol. The molecule has 4 nitrogen and oxygen atoms in total. The van der Waals surface area contributed by atoms with Gasteiger partial charge in [0.25, 0.3) is 0 Å². The summed E-state index contributed by atoms with van der Waals surface area (Å²) < 4.78 is 12.2. The molecule has 0 bridgehead atoms. The number of rotatable bonds is 2. The number of halogens is 3. The third-order valence-corrected chi connectivity index (χ3v) is 1.68. The van der Waals surface area contributed by atoms with E-state index in [0.717, 1.165) is 0 Å². The fraction of sp³-hybridized carbons (Fsp3) is 0.333. The Morgan fingerprint density at radius 2 is 2.20 bits per heavy atom. The van der Waals surface area contributed by atoms with Crippen LogP contribution < -0.4 is 5.84 Å². The Kier molecular flexibility index (Phi) is 4.54. The lowest BCUT2D eigenvalue weighted by Gasteiger charge is -1.98. The fourth-order valence-electron chi connectivity index (χ4n) is 0.241. The van der Waals surface area contributed by atoms with Gasteiger partial charge in [-0.2, -0.15) is 5.10 Å². The Bertz CT molecular complexity index is 169. The molecule has 0 aliphatic rings. The number of oxime groups is 1. The van der Waals surface area contributed by atoms with Gasteiger partial charge in [0.15, 0.2) is 10.3 Å². The van der Waals surface area contributed by atoms with Crippen molar-refractivity contribution in [2.45, 2.75) is 5.08 Å². The van der Waals surface area contributed by atoms with E-state index in [1.54, 1.807) is 0 Å². The maximum atomic E-state index is 12.3. The van der Waals surface area contributed by atoms with Crippen molar-refractivity contribution in [1.29, 1.82) is 0 Å². The fourth-order valence-corrected chi connectivity index (χ4v) is 1.14. The van der Waals surface area contributed by atoms with E-state index in [1.807, 2.05) is 0 Å². The first-order valence-electron chi connectivity index (χ1n) is 2.07. The van der Waals surface area contributed by atoms with Gasteiger partial charge < -0.3 is 11.0 Å². The van der Waals surface area contributed by atoms with Gasteiger partial charge in [-0.05, 0) is 31.9 Å². The number of hydrazone groups is 1. The molecular formula is C3H4Br2FN3O. The molecule has 0 aliphatic carbocycles. The van der Waals surface area contributed by atoms with Crippen LogP contribution in [0.15, 0.2) is 10.3 Å². The van der Waals surface area contributed by atoms with E-state index in [9.17, 15) is 4.39 Å². The minimum atomic E-state index is -1.58. The van der Waals surface area contributed by atoms with Crippen LogP contribution in [0.2, 0.25) is 0 Å². The first kappa shape index (κ1) is 9.83. The first-order chi connectivity index (χ1) is 4.63. The molecule has 0 heterocycles. The minimum absolute atomic E-state index is 0.0422. The van der Waals surface area contributed by atoms with Crippen molar-refractivity contribution in [2.75, 3.05) is 0 Å². The summed E-state index contributed by atoms with van der Waals surface area (Å²) in [6.07, 6.45) is 0. The molecule has 0 saturated carbocycles. The zero-order valence-corrected chi connectivity index (χ0v) is 7.80. The monoisotopic (exact) mass is 275 g/mol. The summed E-state index contributed by atoms with van der Waals surface area (Å²) in [7, 11) is 0. The van der Waals surface area contributed by atoms with Crippen molar-refractivity contribution in [3.8, 4) is 0 Å². The highest BCUT2D eigenvalue weighted by Gasteiger charge is 2.15. The lowest BCUT2D eigenvalue weighted by Crippen LogP contribution is -2.17. The Morgan fingerprint density at radius 3 is 2.30 bits per heavy atom. The zero-order chi connectivity index (χ0) is 8.15. The van der Waals surface area contributed by atoms with E-state index in [2.05, 4.69) is 42.1 Å². The number of alkyl halides is 2. The third-order valence-electron chi connectivity index (χ3n) is 0.639. The van der Waals surface area contributed by atoms with E-state index in [-0.39, 0.29) is 10.3 Å². The van der Waals surface area contributed by atoms with Gasteiger partial charge in [0.05, 0.1) is 0 Å². The Balaban J connectivity index is 4.39. The van der Waals surface area contributed by atoms with Crippen molar-refractivity contribution < 1.29 is 9.60 Å². The van der Waals surface area contributed by atoms with Crippen molar-refractivity contribution in [3.05, 3.63) is 0 Å². The molecule has 0 radical (unpaired) electrons. The Hall–Kier alpha value is -0.170. The first-order valence-corrected chi connectivity index (χ1v) is 3.78. The van der Waals surface area contributed by atoms with E-state index in [4.69, 9.17) is 11.0 Å². The van der Waals surface area contributed by atoms with Gasteiger partial charge in [0, 0.05) is 0 Å². The quantitative estimate of drug-likeness (QED) is 0.261. The van der Waals surface area contributed by atoms with Crippen LogP contribution in [0.5, 0.6) is 0 Å². The summed E-state index contributed by atoms with van der Waals surface area (Å²) in [5.74, 6) is 4.75. The van der Waals surface area contributed by atoms with Gasteiger partial charge in [0.2, 0.25) is 5.08 Å². The summed E-state index contributed by atoms with van der Waals surface area (Å²) in [4.78, 5) is 0. The highest BCUT2D eigenvalue weighted by atomic mass is 79.9. The summed E-state index contributed by atoms with van der Waals surface area (Å²) in [6, 6.07) is 0. The maximum Gasteiger partial charge on any atom is 0.202 e. The smallest absolute Gasteiger partial charge is 0.202 e. The molecule has 58 valence electrons. The van der Waals surface area contributed by atoms with Crippen molar-refractivity contribution in [1.82, 2.24) is 0 Å². The normalized spacial score (nSPS) is 17.1. The van der Waals surface area contributed by atoms with Crippen LogP contribution in [-0.4, -0.2) is 20.6 Å². The second-order valence-corrected chi connectivity index (χ2v) is 2.76. The second kappa shape index (κ2) is 4.62. The summed E-state index contributed by atoms with van der Waals surface area (Å²) in [5.41, 5.74) is -0.303. The minimum Gasteiger partial charge on any atom is -0.410 e. The van der Waals surface area contributed by atoms with Crippen LogP contribution in [0.1, 0.15) is 0 Å². The molecule has 0 aromatic rings. The molecule has 0 fully saturated rings. The molecule has 3 N–H and O–H groups in total. The Labute approximate surface area is 73.2 Å². The topological polar surface area (TPSA) is 71.0 Å². The molecule has 10 heavy (non-hydrogen) atoms. The van der Waals surface area contributed by atoms with Gasteiger partial charge in [-0.25, -0.2) is 4.39 Å². The lowest BCUT2D eigenvalue weighted by atomic mass is 10.4. The van der Waals surface area contributed by atoms with Gasteiger partial charge >= 0.3 is 0 Å². The van der Waals surface area contributed by atoms with Crippen LogP contribution in [0.3, 0.4) is 0 Å². The average Bonchev–Trinajstić information content (AvgIpc) is 1.88. The van der Waals surface area contributed by atoms with Crippen molar-refractivity contribution in [3.63, 3.8) is 0 Å². The molecular weight excluding hydrogens is 273 g/mol. The molecule has 7 heteroatoms. The number of nitrogens with zero attached hydrogens (tertiary/aromatic N) is 2. The maximum absolute atomic E-state index is 12.3. The Morgan fingerprint density at radius 1 is 1.70 bits per heavy atom. The third kappa shape index (κ3) is 2.61. The molecule has 1 atom stereocenters. The number of nitrogens with two attached hydrogens (primary N) is 1. The number of hydrogen-bond acceptors (Lipinski definition) is 4. The summed E-state index contributed by atoms with van der Waals surface area (Å²) in [6.45, 7) is 0. The van der Waals surface area contributed by atoms with E-state index < -0.39 is 5.08 Å². The lowest BCUT2D eigenvalue weighted by molar-refractivity contribution is 0.316. The molecule has 0 aliphatic heterocycles. The molecule has 1 unspecified atom stereocenters. The zero-order valence-electron chi connectivity index (χ0n) is 4.63. The summed E-state index contributed by atoms with van der Waals surface area (Å²) in [5, 5.41) is 12.2. The van der Waals surface area contributed by atoms with Crippen molar-refractivity contribution >= 4 is 42.2 Å². The number of hydrogen-bond donors (Lipinski definition) is 2. The van der Waals surface area contributed by atoms with E-state index in [1.165, 1.54) is 0 Å². The van der Waals surface area contributed by atoms with Crippen LogP contribution in [0.4, 0.5) is 4.39 Å².